The monoisotopic (exact) mass is 535 g/mol. The normalized spacial score (nSPS) is 30.2. The fraction of sp³-hybridized carbons (Fsp3) is 0.500. The van der Waals surface area contributed by atoms with Gasteiger partial charge in [0, 0.05) is 18.3 Å². The van der Waals surface area contributed by atoms with E-state index >= 15 is 0 Å². The van der Waals surface area contributed by atoms with E-state index in [0.29, 0.717) is 19.5 Å². The van der Waals surface area contributed by atoms with Crippen molar-refractivity contribution in [2.24, 2.45) is 17.8 Å². The van der Waals surface area contributed by atoms with Crippen LogP contribution in [0.3, 0.4) is 0 Å². The van der Waals surface area contributed by atoms with Crippen LogP contribution in [0, 0.1) is 17.8 Å². The molecule has 8 heteroatoms. The van der Waals surface area contributed by atoms with Crippen LogP contribution in [0.4, 0.5) is 0 Å². The average Bonchev–Trinajstić information content (AvgIpc) is 3.54. The summed E-state index contributed by atoms with van der Waals surface area (Å²) in [5.74, 6) is -1.47. The van der Waals surface area contributed by atoms with Gasteiger partial charge in [0.25, 0.3) is 0 Å². The second-order valence-electron chi connectivity index (χ2n) is 10.8. The number of benzene rings is 2. The predicted molar refractivity (Wildman–Crippen MR) is 148 cm³/mol. The van der Waals surface area contributed by atoms with Gasteiger partial charge in [-0.3, -0.25) is 14.4 Å². The third-order valence-corrected chi connectivity index (χ3v) is 10.6. The van der Waals surface area contributed by atoms with Gasteiger partial charge in [-0.15, -0.1) is 11.8 Å². The van der Waals surface area contributed by atoms with Gasteiger partial charge >= 0.3 is 0 Å². The maximum absolute atomic E-state index is 14.3. The third kappa shape index (κ3) is 4.51. The summed E-state index contributed by atoms with van der Waals surface area (Å²) in [6, 6.07) is 18.1. The molecule has 2 aromatic carbocycles. The van der Waals surface area contributed by atoms with Crippen molar-refractivity contribution in [3.8, 4) is 0 Å². The van der Waals surface area contributed by atoms with Gasteiger partial charge in [-0.2, -0.15) is 0 Å². The summed E-state index contributed by atoms with van der Waals surface area (Å²) in [6.45, 7) is 4.77. The lowest BCUT2D eigenvalue weighted by Crippen LogP contribution is -2.58. The Hall–Kier alpha value is -2.84. The number of hydrogen-bond donors (Lipinski definition) is 3. The molecule has 38 heavy (non-hydrogen) atoms. The van der Waals surface area contributed by atoms with Crippen molar-refractivity contribution >= 4 is 29.5 Å². The number of nitrogens with zero attached hydrogens (tertiary/aromatic N) is 1. The number of amides is 3. The lowest BCUT2D eigenvalue weighted by molar-refractivity contribution is -0.142. The molecule has 0 aliphatic carbocycles. The number of aliphatic hydroxyl groups excluding tert-OH is 1. The summed E-state index contributed by atoms with van der Waals surface area (Å²) >= 11 is 1.66. The van der Waals surface area contributed by atoms with Crippen LogP contribution in [0.5, 0.6) is 0 Å². The van der Waals surface area contributed by atoms with Gasteiger partial charge in [0.05, 0.1) is 29.2 Å². The van der Waals surface area contributed by atoms with E-state index in [1.54, 1.807) is 16.7 Å². The molecule has 1 spiro atoms. The van der Waals surface area contributed by atoms with Gasteiger partial charge in [-0.05, 0) is 36.3 Å². The molecule has 5 rings (SSSR count). The van der Waals surface area contributed by atoms with Crippen molar-refractivity contribution in [2.45, 2.75) is 61.7 Å². The van der Waals surface area contributed by atoms with Crippen LogP contribution in [0.25, 0.3) is 0 Å². The quantitative estimate of drug-likeness (QED) is 0.435. The molecular weight excluding hydrogens is 498 g/mol. The van der Waals surface area contributed by atoms with E-state index in [4.69, 9.17) is 0 Å². The Balaban J connectivity index is 1.51. The Kier molecular flexibility index (Phi) is 7.82. The molecule has 3 N–H and O–H groups in total. The summed E-state index contributed by atoms with van der Waals surface area (Å²) < 4.78 is -0.707. The molecule has 7 nitrogen and oxygen atoms in total. The fourth-order valence-electron chi connectivity index (χ4n) is 6.84. The number of hydrogen-bond acceptors (Lipinski definition) is 5. The summed E-state index contributed by atoms with van der Waals surface area (Å²) in [5, 5.41) is 16.7. The maximum Gasteiger partial charge on any atom is 0.244 e. The Morgan fingerprint density at radius 3 is 2.34 bits per heavy atom. The number of fused-ring (bicyclic) bond motifs is 1. The van der Waals surface area contributed by atoms with Crippen LogP contribution < -0.4 is 10.6 Å². The standard InChI is InChI=1S/C30H37N3O4S/c1-3-14-31-27(35)24-23-15-19(2)30(38-23)25(24)29(37)33(22(18-34)16-20-10-6-4-7-11-20)26(30)28(36)32-17-21-12-8-5-9-13-21/h4-13,19,22-26,34H,3,14-18H2,1-2H3,(H,31,35)(H,32,36)/t19?,22-,23-,24+,25+,26?,30?/m1/s1. The van der Waals surface area contributed by atoms with E-state index in [1.165, 1.54) is 0 Å². The minimum atomic E-state index is -0.765. The minimum absolute atomic E-state index is 0.00378. The molecule has 3 fully saturated rings. The summed E-state index contributed by atoms with van der Waals surface area (Å²) in [5.41, 5.74) is 1.96. The molecule has 3 unspecified atom stereocenters. The highest BCUT2D eigenvalue weighted by atomic mass is 32.2. The Bertz CT molecular complexity index is 1160. The number of likely N-dealkylation sites (tertiary alicyclic amines) is 1. The van der Waals surface area contributed by atoms with Gasteiger partial charge in [0.2, 0.25) is 17.7 Å². The number of nitrogens with one attached hydrogen (secondary N) is 2. The number of thioether (sulfide) groups is 1. The zero-order valence-electron chi connectivity index (χ0n) is 22.0. The molecule has 3 aliphatic rings. The SMILES string of the molecule is CCCNC(=O)[C@@H]1[C@H]2C(=O)N([C@@H](CO)Cc3ccccc3)C(C(=O)NCc3ccccc3)C23S[C@@H]1CC3C. The molecule has 0 aromatic heterocycles. The first-order valence-electron chi connectivity index (χ1n) is 13.7. The van der Waals surface area contributed by atoms with Crippen molar-refractivity contribution in [1.82, 2.24) is 15.5 Å². The predicted octanol–water partition coefficient (Wildman–Crippen LogP) is 2.77. The zero-order valence-corrected chi connectivity index (χ0v) is 22.8. The summed E-state index contributed by atoms with van der Waals surface area (Å²) in [6.07, 6.45) is 2.04. The van der Waals surface area contributed by atoms with Crippen molar-refractivity contribution < 1.29 is 19.5 Å². The topological polar surface area (TPSA) is 98.7 Å². The lowest BCUT2D eigenvalue weighted by atomic mass is 9.66. The average molecular weight is 536 g/mol. The van der Waals surface area contributed by atoms with E-state index in [2.05, 4.69) is 17.6 Å². The first-order valence-corrected chi connectivity index (χ1v) is 14.5. The van der Waals surface area contributed by atoms with E-state index in [9.17, 15) is 19.5 Å². The van der Waals surface area contributed by atoms with Gasteiger partial charge in [-0.25, -0.2) is 0 Å². The molecule has 0 radical (unpaired) electrons. The van der Waals surface area contributed by atoms with E-state index < -0.39 is 28.7 Å². The van der Waals surface area contributed by atoms with Gasteiger partial charge in [0.1, 0.15) is 6.04 Å². The van der Waals surface area contributed by atoms with Gasteiger partial charge in [-0.1, -0.05) is 74.5 Å². The number of carbonyl (C=O) groups excluding carboxylic acids is 3. The van der Waals surface area contributed by atoms with E-state index in [-0.39, 0.29) is 35.5 Å². The van der Waals surface area contributed by atoms with Crippen molar-refractivity contribution in [3.63, 3.8) is 0 Å². The molecule has 7 atom stereocenters. The Morgan fingerprint density at radius 2 is 1.71 bits per heavy atom. The van der Waals surface area contributed by atoms with Crippen LogP contribution in [0.2, 0.25) is 0 Å². The van der Waals surface area contributed by atoms with Gasteiger partial charge < -0.3 is 20.6 Å². The molecule has 202 valence electrons. The van der Waals surface area contributed by atoms with Crippen LogP contribution in [-0.2, 0) is 27.3 Å². The largest absolute Gasteiger partial charge is 0.394 e. The molecule has 3 heterocycles. The fourth-order valence-corrected chi connectivity index (χ4v) is 9.25. The third-order valence-electron chi connectivity index (χ3n) is 8.51. The zero-order chi connectivity index (χ0) is 26.9. The molecule has 0 saturated carbocycles. The highest BCUT2D eigenvalue weighted by Crippen LogP contribution is 2.68. The summed E-state index contributed by atoms with van der Waals surface area (Å²) in [7, 11) is 0. The number of aliphatic hydroxyl groups is 1. The van der Waals surface area contributed by atoms with E-state index in [0.717, 1.165) is 24.0 Å². The molecular formula is C30H37N3O4S. The molecule has 3 saturated heterocycles. The first kappa shape index (κ1) is 26.8. The van der Waals surface area contributed by atoms with Crippen molar-refractivity contribution in [2.75, 3.05) is 13.2 Å². The van der Waals surface area contributed by atoms with E-state index in [1.807, 2.05) is 67.6 Å². The van der Waals surface area contributed by atoms with Crippen molar-refractivity contribution in [1.29, 1.82) is 0 Å². The number of rotatable bonds is 10. The molecule has 3 aliphatic heterocycles. The second-order valence-corrected chi connectivity index (χ2v) is 12.4. The second kappa shape index (κ2) is 11.1. The smallest absolute Gasteiger partial charge is 0.244 e. The molecule has 2 bridgehead atoms. The highest BCUT2D eigenvalue weighted by molar-refractivity contribution is 8.02. The highest BCUT2D eigenvalue weighted by Gasteiger charge is 2.76. The lowest BCUT2D eigenvalue weighted by Gasteiger charge is -2.40. The van der Waals surface area contributed by atoms with Crippen LogP contribution >= 0.6 is 11.8 Å². The molecule has 2 aromatic rings. The van der Waals surface area contributed by atoms with Crippen LogP contribution in [0.15, 0.2) is 60.7 Å². The minimum Gasteiger partial charge on any atom is -0.394 e. The summed E-state index contributed by atoms with van der Waals surface area (Å²) in [4.78, 5) is 43.4. The molecule has 3 amide bonds. The van der Waals surface area contributed by atoms with Crippen molar-refractivity contribution in [3.05, 3.63) is 71.8 Å². The van der Waals surface area contributed by atoms with Gasteiger partial charge in [0.15, 0.2) is 0 Å². The number of carbonyl (C=O) groups is 3. The maximum atomic E-state index is 14.3. The Labute approximate surface area is 228 Å². The van der Waals surface area contributed by atoms with Crippen LogP contribution in [-0.4, -0.2) is 63.0 Å². The first-order chi connectivity index (χ1) is 18.4. The Morgan fingerprint density at radius 1 is 1.05 bits per heavy atom. The van der Waals surface area contributed by atoms with Crippen LogP contribution in [0.1, 0.15) is 37.8 Å².